The van der Waals surface area contributed by atoms with Crippen molar-refractivity contribution in [2.24, 2.45) is 0 Å². The molecule has 0 aliphatic rings. The first kappa shape index (κ1) is 10.3. The Bertz CT molecular complexity index is 256. The maximum absolute atomic E-state index is 9.06. The van der Waals surface area contributed by atoms with Gasteiger partial charge in [-0.3, -0.25) is 0 Å². The first-order chi connectivity index (χ1) is 6.13. The number of nitrogens with two attached hydrogens (primary N) is 1. The Hall–Kier alpha value is -0.780. The minimum atomic E-state index is -0.719. The maximum atomic E-state index is 9.06. The molecule has 1 aromatic rings. The number of rotatable bonds is 4. The number of hydrogen-bond donors (Lipinski definition) is 4. The predicted molar refractivity (Wildman–Crippen MR) is 55.1 cm³/mol. The second-order valence-corrected chi connectivity index (χ2v) is 3.96. The van der Waals surface area contributed by atoms with Crippen LogP contribution in [-0.2, 0) is 0 Å². The highest BCUT2D eigenvalue weighted by molar-refractivity contribution is 7.20. The molecule has 0 bridgehead atoms. The minimum Gasteiger partial charge on any atom is -0.394 e. The van der Waals surface area contributed by atoms with Crippen LogP contribution in [0.5, 0.6) is 0 Å². The average molecular weight is 202 g/mol. The number of thiophene rings is 1. The van der Waals surface area contributed by atoms with Crippen molar-refractivity contribution in [1.29, 1.82) is 0 Å². The van der Waals surface area contributed by atoms with Crippen molar-refractivity contribution in [3.8, 4) is 0 Å². The van der Waals surface area contributed by atoms with Gasteiger partial charge in [0.15, 0.2) is 0 Å². The lowest BCUT2D eigenvalue weighted by Gasteiger charge is -2.07. The van der Waals surface area contributed by atoms with E-state index in [2.05, 4.69) is 5.32 Å². The van der Waals surface area contributed by atoms with Gasteiger partial charge >= 0.3 is 0 Å². The predicted octanol–water partition coefficient (Wildman–Crippen LogP) is 0.404. The topological polar surface area (TPSA) is 78.5 Å². The van der Waals surface area contributed by atoms with Crippen LogP contribution in [-0.4, -0.2) is 29.5 Å². The van der Waals surface area contributed by atoms with Crippen LogP contribution >= 0.6 is 11.3 Å². The summed E-state index contributed by atoms with van der Waals surface area (Å²) in [4.78, 5) is 0. The number of aliphatic hydroxyl groups is 2. The number of nitrogen functional groups attached to an aromatic ring is 1. The minimum absolute atomic E-state index is 0.229. The molecule has 1 heterocycles. The molecule has 5 heteroatoms. The molecule has 4 nitrogen and oxygen atoms in total. The zero-order valence-electron chi connectivity index (χ0n) is 7.45. The molecular weight excluding hydrogens is 188 g/mol. The van der Waals surface area contributed by atoms with Gasteiger partial charge < -0.3 is 21.3 Å². The summed E-state index contributed by atoms with van der Waals surface area (Å²) in [5, 5.41) is 22.3. The van der Waals surface area contributed by atoms with Crippen molar-refractivity contribution < 1.29 is 10.2 Å². The molecule has 13 heavy (non-hydrogen) atoms. The molecule has 1 atom stereocenters. The Balaban J connectivity index is 2.45. The highest BCUT2D eigenvalue weighted by atomic mass is 32.1. The SMILES string of the molecule is Cc1cc(NCC(O)CO)sc1N. The van der Waals surface area contributed by atoms with Crippen molar-refractivity contribution in [2.45, 2.75) is 13.0 Å². The van der Waals surface area contributed by atoms with Crippen LogP contribution in [0.1, 0.15) is 5.56 Å². The number of aryl methyl sites for hydroxylation is 1. The van der Waals surface area contributed by atoms with Gasteiger partial charge in [0.1, 0.15) is 0 Å². The van der Waals surface area contributed by atoms with Gasteiger partial charge in [-0.2, -0.15) is 0 Å². The van der Waals surface area contributed by atoms with Gasteiger partial charge in [0, 0.05) is 6.54 Å². The molecule has 0 aliphatic heterocycles. The molecule has 5 N–H and O–H groups in total. The molecule has 0 aliphatic carbocycles. The first-order valence-electron chi connectivity index (χ1n) is 4.02. The molecule has 0 amide bonds. The molecule has 0 saturated carbocycles. The Morgan fingerprint density at radius 1 is 1.69 bits per heavy atom. The Kier molecular flexibility index (Phi) is 3.53. The van der Waals surface area contributed by atoms with Crippen LogP contribution in [0.2, 0.25) is 0 Å². The van der Waals surface area contributed by atoms with E-state index in [1.807, 2.05) is 13.0 Å². The van der Waals surface area contributed by atoms with E-state index in [0.717, 1.165) is 15.6 Å². The summed E-state index contributed by atoms with van der Waals surface area (Å²) in [5.41, 5.74) is 6.68. The molecule has 0 spiro atoms. The normalized spacial score (nSPS) is 12.8. The number of nitrogens with one attached hydrogen (secondary N) is 1. The van der Waals surface area contributed by atoms with Crippen LogP contribution in [0.25, 0.3) is 0 Å². The van der Waals surface area contributed by atoms with E-state index in [4.69, 9.17) is 15.9 Å². The van der Waals surface area contributed by atoms with E-state index in [-0.39, 0.29) is 6.61 Å². The summed E-state index contributed by atoms with van der Waals surface area (Å²) < 4.78 is 0. The Morgan fingerprint density at radius 2 is 2.38 bits per heavy atom. The highest BCUT2D eigenvalue weighted by Crippen LogP contribution is 2.28. The van der Waals surface area contributed by atoms with Crippen molar-refractivity contribution in [2.75, 3.05) is 24.2 Å². The summed E-state index contributed by atoms with van der Waals surface area (Å²) in [7, 11) is 0. The van der Waals surface area contributed by atoms with Crippen LogP contribution in [0.4, 0.5) is 10.0 Å². The Morgan fingerprint density at radius 3 is 2.85 bits per heavy atom. The molecule has 74 valence electrons. The first-order valence-corrected chi connectivity index (χ1v) is 4.84. The molecular formula is C8H14N2O2S. The lowest BCUT2D eigenvalue weighted by atomic mass is 10.3. The third kappa shape index (κ3) is 2.87. The largest absolute Gasteiger partial charge is 0.394 e. The fourth-order valence-corrected chi connectivity index (χ4v) is 1.71. The van der Waals surface area contributed by atoms with Gasteiger partial charge in [0.05, 0.1) is 22.7 Å². The second kappa shape index (κ2) is 4.45. The van der Waals surface area contributed by atoms with Crippen LogP contribution < -0.4 is 11.1 Å². The third-order valence-electron chi connectivity index (χ3n) is 1.68. The highest BCUT2D eigenvalue weighted by Gasteiger charge is 2.04. The molecule has 0 fully saturated rings. The lowest BCUT2D eigenvalue weighted by molar-refractivity contribution is 0.105. The summed E-state index contributed by atoms with van der Waals surface area (Å²) >= 11 is 1.44. The van der Waals surface area contributed by atoms with Crippen LogP contribution in [0.3, 0.4) is 0 Å². The van der Waals surface area contributed by atoms with Gasteiger partial charge in [0.25, 0.3) is 0 Å². The number of anilines is 2. The molecule has 0 saturated heterocycles. The van der Waals surface area contributed by atoms with Crippen LogP contribution in [0.15, 0.2) is 6.07 Å². The van der Waals surface area contributed by atoms with Crippen molar-refractivity contribution in [3.63, 3.8) is 0 Å². The quantitative estimate of drug-likeness (QED) is 0.570. The summed E-state index contributed by atoms with van der Waals surface area (Å²) in [6.45, 7) is 2.04. The zero-order valence-corrected chi connectivity index (χ0v) is 8.27. The summed E-state index contributed by atoms with van der Waals surface area (Å²) in [5.74, 6) is 0. The molecule has 1 rings (SSSR count). The zero-order chi connectivity index (χ0) is 9.84. The molecule has 0 radical (unpaired) electrons. The molecule has 1 unspecified atom stereocenters. The van der Waals surface area contributed by atoms with Crippen molar-refractivity contribution in [1.82, 2.24) is 0 Å². The Labute approximate surface area is 81.0 Å². The standard InChI is InChI=1S/C8H14N2O2S/c1-5-2-7(13-8(5)9)10-3-6(12)4-11/h2,6,10-12H,3-4,9H2,1H3. The number of hydrogen-bond acceptors (Lipinski definition) is 5. The average Bonchev–Trinajstić information content (AvgIpc) is 2.42. The summed E-state index contributed by atoms with van der Waals surface area (Å²) in [6, 6.07) is 1.92. The van der Waals surface area contributed by atoms with Crippen molar-refractivity contribution in [3.05, 3.63) is 11.6 Å². The van der Waals surface area contributed by atoms with Crippen LogP contribution in [0, 0.1) is 6.92 Å². The molecule has 0 aromatic carbocycles. The van der Waals surface area contributed by atoms with E-state index >= 15 is 0 Å². The summed E-state index contributed by atoms with van der Waals surface area (Å²) in [6.07, 6.45) is -0.719. The maximum Gasteiger partial charge on any atom is 0.0942 e. The van der Waals surface area contributed by atoms with Gasteiger partial charge in [0.2, 0.25) is 0 Å². The van der Waals surface area contributed by atoms with Gasteiger partial charge in [-0.1, -0.05) is 0 Å². The van der Waals surface area contributed by atoms with Crippen molar-refractivity contribution >= 4 is 21.3 Å². The van der Waals surface area contributed by atoms with E-state index in [0.29, 0.717) is 6.54 Å². The monoisotopic (exact) mass is 202 g/mol. The van der Waals surface area contributed by atoms with E-state index in [1.54, 1.807) is 0 Å². The van der Waals surface area contributed by atoms with Gasteiger partial charge in [-0.05, 0) is 18.6 Å². The molecule has 1 aromatic heterocycles. The van der Waals surface area contributed by atoms with Gasteiger partial charge in [-0.15, -0.1) is 11.3 Å². The number of aliphatic hydroxyl groups excluding tert-OH is 2. The fraction of sp³-hybridized carbons (Fsp3) is 0.500. The van der Waals surface area contributed by atoms with E-state index in [9.17, 15) is 0 Å². The van der Waals surface area contributed by atoms with Gasteiger partial charge in [-0.25, -0.2) is 0 Å². The smallest absolute Gasteiger partial charge is 0.0942 e. The van der Waals surface area contributed by atoms with E-state index in [1.165, 1.54) is 11.3 Å². The third-order valence-corrected chi connectivity index (χ3v) is 2.70. The van der Waals surface area contributed by atoms with E-state index < -0.39 is 6.10 Å². The second-order valence-electron chi connectivity index (χ2n) is 2.88. The fourth-order valence-electron chi connectivity index (χ4n) is 0.866. The lowest BCUT2D eigenvalue weighted by Crippen LogP contribution is -2.22.